The number of nitrogens with two attached hydrogens (primary N) is 1. The number of carbonyl (C=O) groups excluding carboxylic acids is 1. The van der Waals surface area contributed by atoms with E-state index < -0.39 is 0 Å². The average molecular weight is 233 g/mol. The van der Waals surface area contributed by atoms with Crippen LogP contribution in [0.4, 0.5) is 5.69 Å². The fourth-order valence-corrected chi connectivity index (χ4v) is 2.41. The number of nitrogens with zero attached hydrogens (tertiary/aromatic N) is 1. The Bertz CT molecular complexity index is 419. The van der Waals surface area contributed by atoms with Gasteiger partial charge in [-0.15, -0.1) is 0 Å². The number of hydrazine groups is 1. The van der Waals surface area contributed by atoms with Crippen molar-refractivity contribution in [2.24, 2.45) is 11.8 Å². The van der Waals surface area contributed by atoms with Gasteiger partial charge >= 0.3 is 0 Å². The number of para-hydroxylation sites is 1. The molecule has 92 valence electrons. The molecule has 2 rings (SSSR count). The molecule has 0 aliphatic carbocycles. The van der Waals surface area contributed by atoms with Gasteiger partial charge in [-0.1, -0.05) is 25.1 Å². The second-order valence-corrected chi connectivity index (χ2v) is 4.61. The van der Waals surface area contributed by atoms with E-state index in [2.05, 4.69) is 35.4 Å². The lowest BCUT2D eigenvalue weighted by Gasteiger charge is -2.31. The maximum atomic E-state index is 11.6. The Kier molecular flexibility index (Phi) is 3.33. The van der Waals surface area contributed by atoms with Gasteiger partial charge in [-0.3, -0.25) is 10.2 Å². The van der Waals surface area contributed by atoms with Gasteiger partial charge in [0.2, 0.25) is 5.91 Å². The van der Waals surface area contributed by atoms with Crippen molar-refractivity contribution in [3.63, 3.8) is 0 Å². The molecule has 0 bridgehead atoms. The van der Waals surface area contributed by atoms with Crippen molar-refractivity contribution in [1.29, 1.82) is 0 Å². The molecule has 1 aliphatic rings. The Morgan fingerprint density at radius 1 is 1.41 bits per heavy atom. The van der Waals surface area contributed by atoms with Gasteiger partial charge < -0.3 is 4.90 Å². The van der Waals surface area contributed by atoms with Crippen molar-refractivity contribution in [2.45, 2.75) is 26.3 Å². The summed E-state index contributed by atoms with van der Waals surface area (Å²) >= 11 is 0. The van der Waals surface area contributed by atoms with Crippen molar-refractivity contribution in [3.8, 4) is 0 Å². The zero-order chi connectivity index (χ0) is 12.4. The number of nitrogens with one attached hydrogen (secondary N) is 1. The summed E-state index contributed by atoms with van der Waals surface area (Å²) in [6.07, 6.45) is 1.05. The molecule has 4 heteroatoms. The summed E-state index contributed by atoms with van der Waals surface area (Å²) in [6, 6.07) is 8.52. The summed E-state index contributed by atoms with van der Waals surface area (Å²) in [4.78, 5) is 13.8. The molecule has 17 heavy (non-hydrogen) atoms. The standard InChI is InChI=1S/C13H19N3O/c1-9(13(17)15-14)10(2)16-8-7-11-5-3-4-6-12(11)16/h3-6,9-10H,7-8,14H2,1-2H3,(H,15,17). The van der Waals surface area contributed by atoms with Gasteiger partial charge in [-0.25, -0.2) is 5.84 Å². The maximum absolute atomic E-state index is 11.6. The minimum Gasteiger partial charge on any atom is -0.367 e. The molecule has 2 unspecified atom stereocenters. The van der Waals surface area contributed by atoms with Crippen LogP contribution in [-0.2, 0) is 11.2 Å². The van der Waals surface area contributed by atoms with Crippen LogP contribution in [-0.4, -0.2) is 18.5 Å². The molecule has 0 saturated heterocycles. The number of carbonyl (C=O) groups is 1. The Hall–Kier alpha value is -1.55. The average Bonchev–Trinajstić information content (AvgIpc) is 2.79. The number of hydrogen-bond donors (Lipinski definition) is 2. The van der Waals surface area contributed by atoms with Crippen molar-refractivity contribution < 1.29 is 4.79 Å². The number of anilines is 1. The first-order valence-corrected chi connectivity index (χ1v) is 6.00. The molecule has 1 heterocycles. The highest BCUT2D eigenvalue weighted by Crippen LogP contribution is 2.31. The first-order valence-electron chi connectivity index (χ1n) is 6.00. The Morgan fingerprint density at radius 2 is 2.12 bits per heavy atom. The van der Waals surface area contributed by atoms with Crippen molar-refractivity contribution in [3.05, 3.63) is 29.8 Å². The molecule has 1 aliphatic heterocycles. The van der Waals surface area contributed by atoms with Crippen molar-refractivity contribution in [2.75, 3.05) is 11.4 Å². The van der Waals surface area contributed by atoms with E-state index in [1.54, 1.807) is 0 Å². The molecule has 3 N–H and O–H groups in total. The summed E-state index contributed by atoms with van der Waals surface area (Å²) < 4.78 is 0. The molecule has 0 spiro atoms. The number of fused-ring (bicyclic) bond motifs is 1. The number of benzene rings is 1. The van der Waals surface area contributed by atoms with Crippen LogP contribution >= 0.6 is 0 Å². The predicted molar refractivity (Wildman–Crippen MR) is 68.4 cm³/mol. The highest BCUT2D eigenvalue weighted by Gasteiger charge is 2.29. The van der Waals surface area contributed by atoms with E-state index in [1.165, 1.54) is 11.3 Å². The van der Waals surface area contributed by atoms with Crippen LogP contribution in [0.2, 0.25) is 0 Å². The lowest BCUT2D eigenvalue weighted by Crippen LogP contribution is -2.45. The molecule has 0 fully saturated rings. The lowest BCUT2D eigenvalue weighted by molar-refractivity contribution is -0.125. The quantitative estimate of drug-likeness (QED) is 0.466. The zero-order valence-electron chi connectivity index (χ0n) is 10.3. The molecule has 0 radical (unpaired) electrons. The van der Waals surface area contributed by atoms with E-state index in [4.69, 9.17) is 5.84 Å². The lowest BCUT2D eigenvalue weighted by atomic mass is 10.0. The van der Waals surface area contributed by atoms with Crippen LogP contribution < -0.4 is 16.2 Å². The van der Waals surface area contributed by atoms with Gasteiger partial charge in [0, 0.05) is 18.3 Å². The number of hydrogen-bond acceptors (Lipinski definition) is 3. The van der Waals surface area contributed by atoms with Gasteiger partial charge in [0.25, 0.3) is 0 Å². The molecule has 2 atom stereocenters. The number of amides is 1. The molecule has 4 nitrogen and oxygen atoms in total. The molecule has 1 amide bonds. The largest absolute Gasteiger partial charge is 0.367 e. The number of rotatable bonds is 3. The Labute approximate surface area is 102 Å². The second-order valence-electron chi connectivity index (χ2n) is 4.61. The van der Waals surface area contributed by atoms with Crippen LogP contribution in [0.5, 0.6) is 0 Å². The Morgan fingerprint density at radius 3 is 2.82 bits per heavy atom. The first-order chi connectivity index (χ1) is 8.15. The molecular weight excluding hydrogens is 214 g/mol. The summed E-state index contributed by atoms with van der Waals surface area (Å²) in [5.74, 6) is 4.96. The third-order valence-corrected chi connectivity index (χ3v) is 3.69. The topological polar surface area (TPSA) is 58.4 Å². The third-order valence-electron chi connectivity index (χ3n) is 3.69. The molecule has 0 aromatic heterocycles. The first kappa shape index (κ1) is 11.9. The fraction of sp³-hybridized carbons (Fsp3) is 0.462. The molecule has 0 saturated carbocycles. The van der Waals surface area contributed by atoms with Gasteiger partial charge in [-0.05, 0) is 25.0 Å². The van der Waals surface area contributed by atoms with Crippen LogP contribution in [0.15, 0.2) is 24.3 Å². The SMILES string of the molecule is CC(C(=O)NN)C(C)N1CCc2ccccc21. The summed E-state index contributed by atoms with van der Waals surface area (Å²) in [5.41, 5.74) is 4.84. The Balaban J connectivity index is 2.17. The zero-order valence-corrected chi connectivity index (χ0v) is 10.3. The van der Waals surface area contributed by atoms with Crippen molar-refractivity contribution >= 4 is 11.6 Å². The summed E-state index contributed by atoms with van der Waals surface area (Å²) in [7, 11) is 0. The highest BCUT2D eigenvalue weighted by molar-refractivity contribution is 5.79. The smallest absolute Gasteiger partial charge is 0.238 e. The van der Waals surface area contributed by atoms with Crippen LogP contribution in [0.3, 0.4) is 0 Å². The second kappa shape index (κ2) is 4.75. The van der Waals surface area contributed by atoms with E-state index in [-0.39, 0.29) is 17.9 Å². The van der Waals surface area contributed by atoms with Gasteiger partial charge in [-0.2, -0.15) is 0 Å². The normalized spacial score (nSPS) is 17.5. The van der Waals surface area contributed by atoms with Gasteiger partial charge in [0.05, 0.1) is 5.92 Å². The molecule has 1 aromatic rings. The minimum atomic E-state index is -0.119. The highest BCUT2D eigenvalue weighted by atomic mass is 16.2. The van der Waals surface area contributed by atoms with E-state index in [0.717, 1.165) is 13.0 Å². The minimum absolute atomic E-state index is 0.109. The van der Waals surface area contributed by atoms with Crippen molar-refractivity contribution in [1.82, 2.24) is 5.43 Å². The maximum Gasteiger partial charge on any atom is 0.238 e. The van der Waals surface area contributed by atoms with Crippen LogP contribution in [0, 0.1) is 5.92 Å². The summed E-state index contributed by atoms with van der Waals surface area (Å²) in [5, 5.41) is 0. The van der Waals surface area contributed by atoms with E-state index in [0.29, 0.717) is 0 Å². The van der Waals surface area contributed by atoms with E-state index >= 15 is 0 Å². The molecular formula is C13H19N3O. The fourth-order valence-electron chi connectivity index (χ4n) is 2.41. The molecule has 1 aromatic carbocycles. The predicted octanol–water partition coefficient (Wildman–Crippen LogP) is 1.06. The third kappa shape index (κ3) is 2.13. The van der Waals surface area contributed by atoms with E-state index in [1.807, 2.05) is 13.0 Å². The summed E-state index contributed by atoms with van der Waals surface area (Å²) in [6.45, 7) is 4.96. The van der Waals surface area contributed by atoms with E-state index in [9.17, 15) is 4.79 Å². The van der Waals surface area contributed by atoms with Gasteiger partial charge in [0.1, 0.15) is 0 Å². The van der Waals surface area contributed by atoms with Crippen LogP contribution in [0.25, 0.3) is 0 Å². The van der Waals surface area contributed by atoms with Gasteiger partial charge in [0.15, 0.2) is 0 Å². The van der Waals surface area contributed by atoms with Crippen LogP contribution in [0.1, 0.15) is 19.4 Å². The monoisotopic (exact) mass is 233 g/mol.